The van der Waals surface area contributed by atoms with Gasteiger partial charge in [-0.3, -0.25) is 0 Å². The summed E-state index contributed by atoms with van der Waals surface area (Å²) in [6.45, 7) is 2.37. The van der Waals surface area contributed by atoms with E-state index in [1.165, 1.54) is 9.13 Å². The summed E-state index contributed by atoms with van der Waals surface area (Å²) in [5.41, 5.74) is 2.36. The second-order valence-corrected chi connectivity index (χ2v) is 11.8. The summed E-state index contributed by atoms with van der Waals surface area (Å²) in [6.07, 6.45) is 3.62. The molecule has 32 heavy (non-hydrogen) atoms. The fraction of sp³-hybridized carbons (Fsp3) is 0.259. The van der Waals surface area contributed by atoms with Crippen LogP contribution in [0.15, 0.2) is 89.8 Å². The Morgan fingerprint density at radius 1 is 0.875 bits per heavy atom. The van der Waals surface area contributed by atoms with E-state index in [0.717, 1.165) is 31.2 Å². The summed E-state index contributed by atoms with van der Waals surface area (Å²) in [7, 11) is -3.46. The van der Waals surface area contributed by atoms with Gasteiger partial charge in [-0.15, -0.1) is 0 Å². The molecule has 0 heterocycles. The predicted molar refractivity (Wildman–Crippen MR) is 127 cm³/mol. The third-order valence-corrected chi connectivity index (χ3v) is 8.53. The van der Waals surface area contributed by atoms with Crippen molar-refractivity contribution in [2.45, 2.75) is 37.5 Å². The zero-order valence-electron chi connectivity index (χ0n) is 18.3. The van der Waals surface area contributed by atoms with Gasteiger partial charge in [-0.25, -0.2) is 13.1 Å². The van der Waals surface area contributed by atoms with Crippen LogP contribution in [-0.2, 0) is 16.4 Å². The van der Waals surface area contributed by atoms with Crippen molar-refractivity contribution in [3.8, 4) is 9.85 Å². The maximum absolute atomic E-state index is 12.5. The Morgan fingerprint density at radius 2 is 1.53 bits per heavy atom. The molecule has 0 saturated carbocycles. The maximum atomic E-state index is 12.5. The van der Waals surface area contributed by atoms with Crippen LogP contribution >= 0.6 is 0 Å². The van der Waals surface area contributed by atoms with Crippen LogP contribution < -0.4 is 25.9 Å². The lowest BCUT2D eigenvalue weighted by molar-refractivity contribution is -0.535. The van der Waals surface area contributed by atoms with Crippen LogP contribution in [0.1, 0.15) is 30.4 Å². The van der Waals surface area contributed by atoms with Crippen molar-refractivity contribution in [3.63, 3.8) is 0 Å². The van der Waals surface area contributed by atoms with Crippen molar-refractivity contribution in [1.29, 1.82) is 0 Å². The normalized spacial score (nSPS) is 12.0. The summed E-state index contributed by atoms with van der Waals surface area (Å²) in [5, 5.41) is 0. The molecular weight excluding hydrogens is 529 g/mol. The first-order valence-corrected chi connectivity index (χ1v) is 14.5. The molecule has 0 aromatic heterocycles. The van der Waals surface area contributed by atoms with E-state index in [0.29, 0.717) is 11.4 Å². The van der Waals surface area contributed by atoms with Crippen molar-refractivity contribution in [2.75, 3.05) is 6.54 Å². The smallest absolute Gasteiger partial charge is 0.211 e. The predicted octanol–water partition coefficient (Wildman–Crippen LogP) is 2.22. The molecule has 1 atom stereocenters. The van der Waals surface area contributed by atoms with Gasteiger partial charge < -0.3 is 0 Å². The first-order chi connectivity index (χ1) is 15.5. The zero-order chi connectivity index (χ0) is 22.7. The minimum atomic E-state index is -3.46. The topological polar surface area (TPSA) is 46.2 Å². The van der Waals surface area contributed by atoms with Crippen LogP contribution in [0.2, 0.25) is 0 Å². The van der Waals surface area contributed by atoms with E-state index in [1.807, 2.05) is 31.2 Å². The van der Waals surface area contributed by atoms with E-state index in [9.17, 15) is 8.42 Å². The average molecular weight is 559 g/mol. The molecule has 0 aliphatic rings. The van der Waals surface area contributed by atoms with Crippen molar-refractivity contribution >= 4 is 10.0 Å². The van der Waals surface area contributed by atoms with Crippen molar-refractivity contribution < 1.29 is 29.6 Å². The van der Waals surface area contributed by atoms with Crippen LogP contribution in [0.25, 0.3) is 0 Å². The first kappa shape index (κ1) is 24.5. The van der Waals surface area contributed by atoms with Gasteiger partial charge in [0.05, 0.1) is 4.90 Å². The third kappa shape index (κ3) is 8.42. The zero-order valence-corrected chi connectivity index (χ0v) is 21.3. The lowest BCUT2D eigenvalue weighted by Gasteiger charge is -2.11. The molecule has 3 aromatic carbocycles. The Balaban J connectivity index is 1.54. The van der Waals surface area contributed by atoms with E-state index in [4.69, 9.17) is 0 Å². The molecule has 0 aliphatic carbocycles. The Labute approximate surface area is 203 Å². The maximum Gasteiger partial charge on any atom is 0.419 e. The second kappa shape index (κ2) is 12.8. The van der Waals surface area contributed by atoms with Crippen LogP contribution in [0.3, 0.4) is 0 Å². The van der Waals surface area contributed by atoms with E-state index < -0.39 is 10.0 Å². The molecular formula is C27H29INO2S+. The standard InChI is InChI=1S/C27H29INO2S/c1-23-14-18-27(19-15-23)32(30,31)29-22-8-11-25(17-16-24-9-4-2-5-10-24)20-21-28-26-12-6-3-7-13-26/h2-7,9-10,12-15,18-19,25,29H,8,11,16-17,22H2,1H3/q+1. The average Bonchev–Trinajstić information content (AvgIpc) is 2.81. The fourth-order valence-corrected chi connectivity index (χ4v) is 6.02. The summed E-state index contributed by atoms with van der Waals surface area (Å²) < 4.78 is 32.5. The highest BCUT2D eigenvalue weighted by molar-refractivity contribution is 7.89. The van der Waals surface area contributed by atoms with Crippen LogP contribution in [0.4, 0.5) is 0 Å². The van der Waals surface area contributed by atoms with Gasteiger partial charge in [0.1, 0.15) is 0 Å². The molecule has 1 unspecified atom stereocenters. The van der Waals surface area contributed by atoms with Crippen molar-refractivity contribution in [1.82, 2.24) is 4.72 Å². The molecule has 0 aliphatic heterocycles. The highest BCUT2D eigenvalue weighted by Crippen LogP contribution is 2.15. The van der Waals surface area contributed by atoms with Crippen LogP contribution in [-0.4, -0.2) is 15.0 Å². The first-order valence-electron chi connectivity index (χ1n) is 10.8. The molecule has 0 bridgehead atoms. The summed E-state index contributed by atoms with van der Waals surface area (Å²) in [5.74, 6) is 3.76. The number of sulfonamides is 1. The van der Waals surface area contributed by atoms with Crippen molar-refractivity contribution in [3.05, 3.63) is 99.6 Å². The Hall–Kier alpha value is -2.14. The minimum Gasteiger partial charge on any atom is -0.211 e. The number of hydrogen-bond donors (Lipinski definition) is 1. The highest BCUT2D eigenvalue weighted by Gasteiger charge is 2.14. The molecule has 3 aromatic rings. The Kier molecular flexibility index (Phi) is 9.79. The summed E-state index contributed by atoms with van der Waals surface area (Å²) >= 11 is -0.318. The Bertz CT molecular complexity index is 1120. The van der Waals surface area contributed by atoms with Gasteiger partial charge in [0.25, 0.3) is 0 Å². The Morgan fingerprint density at radius 3 is 2.22 bits per heavy atom. The number of rotatable bonds is 10. The number of nitrogens with one attached hydrogen (secondary N) is 1. The number of hydrogen-bond acceptors (Lipinski definition) is 2. The molecule has 166 valence electrons. The lowest BCUT2D eigenvalue weighted by Crippen LogP contribution is -3.59. The van der Waals surface area contributed by atoms with E-state index in [1.54, 1.807) is 12.1 Å². The monoisotopic (exact) mass is 558 g/mol. The lowest BCUT2D eigenvalue weighted by atomic mass is 9.96. The molecule has 5 heteroatoms. The molecule has 3 nitrogen and oxygen atoms in total. The van der Waals surface area contributed by atoms with E-state index in [-0.39, 0.29) is 27.1 Å². The van der Waals surface area contributed by atoms with E-state index >= 15 is 0 Å². The summed E-state index contributed by atoms with van der Waals surface area (Å²) in [6, 6.07) is 27.8. The molecule has 0 radical (unpaired) electrons. The molecule has 0 amide bonds. The van der Waals surface area contributed by atoms with Crippen LogP contribution in [0, 0.1) is 26.3 Å². The second-order valence-electron chi connectivity index (χ2n) is 7.70. The molecule has 0 saturated heterocycles. The molecule has 0 fully saturated rings. The van der Waals surface area contributed by atoms with Crippen LogP contribution in [0.5, 0.6) is 0 Å². The van der Waals surface area contributed by atoms with Gasteiger partial charge in [-0.2, -0.15) is 0 Å². The molecule has 0 spiro atoms. The van der Waals surface area contributed by atoms with E-state index in [2.05, 4.69) is 63.1 Å². The van der Waals surface area contributed by atoms with Gasteiger partial charge >= 0.3 is 21.2 Å². The molecule has 1 N–H and O–H groups in total. The van der Waals surface area contributed by atoms with Gasteiger partial charge in [0.2, 0.25) is 13.6 Å². The van der Waals surface area contributed by atoms with Crippen molar-refractivity contribution in [2.24, 2.45) is 5.92 Å². The number of benzene rings is 3. The molecule has 3 rings (SSSR count). The van der Waals surface area contributed by atoms with Gasteiger partial charge in [0.15, 0.2) is 3.93 Å². The minimum absolute atomic E-state index is 0.266. The fourth-order valence-electron chi connectivity index (χ4n) is 3.27. The van der Waals surface area contributed by atoms with Gasteiger partial charge in [0, 0.05) is 12.5 Å². The largest absolute Gasteiger partial charge is 0.419 e. The quantitative estimate of drug-likeness (QED) is 0.236. The van der Waals surface area contributed by atoms with Gasteiger partial charge in [-0.05, 0) is 68.4 Å². The highest BCUT2D eigenvalue weighted by atomic mass is 127. The third-order valence-electron chi connectivity index (χ3n) is 5.13. The number of halogens is 1. The van der Waals surface area contributed by atoms with Gasteiger partial charge in [-0.1, -0.05) is 66.2 Å². The number of aryl methyl sites for hydroxylation is 2. The SMILES string of the molecule is Cc1ccc(S(=O)(=O)NCCCC(C#C[I+]c2ccccc2)CCc2ccccc2)cc1. The summed E-state index contributed by atoms with van der Waals surface area (Å²) in [4.78, 5) is 0.316.